The molecule has 0 saturated carbocycles. The van der Waals surface area contributed by atoms with Crippen LogP contribution in [0.3, 0.4) is 0 Å². The Morgan fingerprint density at radius 2 is 2.23 bits per heavy atom. The highest BCUT2D eigenvalue weighted by Gasteiger charge is 2.23. The van der Waals surface area contributed by atoms with Gasteiger partial charge in [-0.2, -0.15) is 0 Å². The Morgan fingerprint density at radius 3 is 2.97 bits per heavy atom. The molecular formula is C19H18ClN5O4S. The molecule has 0 radical (unpaired) electrons. The summed E-state index contributed by atoms with van der Waals surface area (Å²) >= 11 is 7.20. The Kier molecular flexibility index (Phi) is 6.07. The van der Waals surface area contributed by atoms with Crippen LogP contribution in [-0.2, 0) is 4.74 Å². The van der Waals surface area contributed by atoms with Gasteiger partial charge in [0.2, 0.25) is 5.13 Å². The molecule has 1 aliphatic heterocycles. The van der Waals surface area contributed by atoms with Crippen molar-refractivity contribution >= 4 is 34.0 Å². The van der Waals surface area contributed by atoms with E-state index >= 15 is 0 Å². The minimum atomic E-state index is -0.407. The first-order valence-electron chi connectivity index (χ1n) is 9.10. The van der Waals surface area contributed by atoms with E-state index in [0.29, 0.717) is 56.8 Å². The van der Waals surface area contributed by atoms with Gasteiger partial charge < -0.3 is 14.2 Å². The van der Waals surface area contributed by atoms with Gasteiger partial charge in [0.1, 0.15) is 17.0 Å². The summed E-state index contributed by atoms with van der Waals surface area (Å²) in [7, 11) is 1.53. The molecule has 1 aliphatic rings. The molecule has 11 heteroatoms. The van der Waals surface area contributed by atoms with Crippen LogP contribution >= 0.6 is 22.9 Å². The third-order valence-electron chi connectivity index (χ3n) is 4.46. The molecule has 3 aromatic heterocycles. The van der Waals surface area contributed by atoms with Crippen LogP contribution in [0, 0.1) is 6.92 Å². The second-order valence-corrected chi connectivity index (χ2v) is 7.79. The van der Waals surface area contributed by atoms with E-state index in [1.54, 1.807) is 25.3 Å². The number of amides is 1. The fourth-order valence-electron chi connectivity index (χ4n) is 3.08. The van der Waals surface area contributed by atoms with Crippen LogP contribution in [0.1, 0.15) is 22.5 Å². The van der Waals surface area contributed by atoms with Gasteiger partial charge in [0.05, 0.1) is 31.6 Å². The summed E-state index contributed by atoms with van der Waals surface area (Å²) in [6, 6.07) is 3.41. The number of pyridine rings is 2. The standard InChI is InChI=1S/C19H18ClN5O4S/c1-10-16(27-2)15(11-3-5-21-14(20)7-11)13(8-22-10)17(26)23-18-24-25-19(30-18)29-12-4-6-28-9-12/h3,5,7-8,12H,4,6,9H2,1-2H3,(H,23,24,26)/t12-/m0/s1. The monoisotopic (exact) mass is 447 g/mol. The van der Waals surface area contributed by atoms with Crippen LogP contribution < -0.4 is 14.8 Å². The summed E-state index contributed by atoms with van der Waals surface area (Å²) in [6.07, 6.45) is 3.81. The van der Waals surface area contributed by atoms with E-state index in [0.717, 1.165) is 17.8 Å². The number of carbonyl (C=O) groups is 1. The molecule has 4 rings (SSSR count). The fourth-order valence-corrected chi connectivity index (χ4v) is 3.91. The number of hydrogen-bond acceptors (Lipinski definition) is 9. The van der Waals surface area contributed by atoms with Crippen LogP contribution in [0.25, 0.3) is 11.1 Å². The van der Waals surface area contributed by atoms with Gasteiger partial charge in [-0.15, -0.1) is 5.10 Å². The second-order valence-electron chi connectivity index (χ2n) is 6.46. The summed E-state index contributed by atoms with van der Waals surface area (Å²) < 4.78 is 16.5. The number of aryl methyl sites for hydroxylation is 1. The van der Waals surface area contributed by atoms with Crippen LogP contribution in [0.5, 0.6) is 10.9 Å². The van der Waals surface area contributed by atoms with Crippen molar-refractivity contribution in [1.29, 1.82) is 0 Å². The number of carbonyl (C=O) groups excluding carboxylic acids is 1. The van der Waals surface area contributed by atoms with Crippen molar-refractivity contribution in [1.82, 2.24) is 20.2 Å². The number of nitrogens with one attached hydrogen (secondary N) is 1. The number of aromatic nitrogens is 4. The Morgan fingerprint density at radius 1 is 1.37 bits per heavy atom. The van der Waals surface area contributed by atoms with E-state index in [1.807, 2.05) is 0 Å². The Balaban J connectivity index is 1.62. The van der Waals surface area contributed by atoms with Crippen molar-refractivity contribution < 1.29 is 19.0 Å². The molecule has 4 heterocycles. The SMILES string of the molecule is COc1c(C)ncc(C(=O)Nc2nnc(O[C@H]3CCOC3)s2)c1-c1ccnc(Cl)c1. The average Bonchev–Trinajstić information content (AvgIpc) is 3.40. The van der Waals surface area contributed by atoms with E-state index in [9.17, 15) is 4.79 Å². The Hall–Kier alpha value is -2.82. The van der Waals surface area contributed by atoms with Gasteiger partial charge in [-0.1, -0.05) is 16.7 Å². The molecule has 1 saturated heterocycles. The van der Waals surface area contributed by atoms with Crippen molar-refractivity contribution in [2.45, 2.75) is 19.4 Å². The van der Waals surface area contributed by atoms with Crippen LogP contribution in [-0.4, -0.2) is 52.5 Å². The van der Waals surface area contributed by atoms with Gasteiger partial charge in [0.25, 0.3) is 11.1 Å². The molecule has 1 N–H and O–H groups in total. The maximum absolute atomic E-state index is 13.0. The lowest BCUT2D eigenvalue weighted by Gasteiger charge is -2.15. The first-order valence-corrected chi connectivity index (χ1v) is 10.3. The molecule has 1 atom stereocenters. The van der Waals surface area contributed by atoms with Crippen LogP contribution in [0.15, 0.2) is 24.5 Å². The third kappa shape index (κ3) is 4.35. The minimum Gasteiger partial charge on any atom is -0.494 e. The molecule has 0 aromatic carbocycles. The summed E-state index contributed by atoms with van der Waals surface area (Å²) in [4.78, 5) is 21.3. The topological polar surface area (TPSA) is 108 Å². The number of halogens is 1. The molecule has 156 valence electrons. The fraction of sp³-hybridized carbons (Fsp3) is 0.316. The van der Waals surface area contributed by atoms with Crippen molar-refractivity contribution in [3.05, 3.63) is 40.9 Å². The number of anilines is 1. The van der Waals surface area contributed by atoms with Gasteiger partial charge in [0.15, 0.2) is 0 Å². The Bertz CT molecular complexity index is 1070. The van der Waals surface area contributed by atoms with E-state index in [1.165, 1.54) is 13.3 Å². The van der Waals surface area contributed by atoms with Gasteiger partial charge in [0, 0.05) is 24.4 Å². The maximum atomic E-state index is 13.0. The Labute approximate surface area is 181 Å². The predicted molar refractivity (Wildman–Crippen MR) is 111 cm³/mol. The van der Waals surface area contributed by atoms with Gasteiger partial charge in [-0.25, -0.2) is 4.98 Å². The number of methoxy groups -OCH3 is 1. The highest BCUT2D eigenvalue weighted by Crippen LogP contribution is 2.36. The van der Waals surface area contributed by atoms with E-state index in [2.05, 4.69) is 25.5 Å². The maximum Gasteiger partial charge on any atom is 0.296 e. The van der Waals surface area contributed by atoms with E-state index in [-0.39, 0.29) is 6.10 Å². The molecule has 0 spiro atoms. The van der Waals surface area contributed by atoms with Crippen LogP contribution in [0.4, 0.5) is 5.13 Å². The quantitative estimate of drug-likeness (QED) is 0.573. The zero-order valence-electron chi connectivity index (χ0n) is 16.2. The summed E-state index contributed by atoms with van der Waals surface area (Å²) in [5.74, 6) is 0.0723. The summed E-state index contributed by atoms with van der Waals surface area (Å²) in [5.41, 5.74) is 2.20. The first kappa shape index (κ1) is 20.5. The largest absolute Gasteiger partial charge is 0.494 e. The predicted octanol–water partition coefficient (Wildman–Crippen LogP) is 3.39. The van der Waals surface area contributed by atoms with Crippen molar-refractivity contribution in [3.63, 3.8) is 0 Å². The lowest BCUT2D eigenvalue weighted by molar-refractivity contribution is 0.102. The van der Waals surface area contributed by atoms with Gasteiger partial charge in [-0.3, -0.25) is 15.1 Å². The lowest BCUT2D eigenvalue weighted by Crippen LogP contribution is -2.15. The highest BCUT2D eigenvalue weighted by atomic mass is 35.5. The van der Waals surface area contributed by atoms with Crippen molar-refractivity contribution in [2.24, 2.45) is 0 Å². The normalized spacial score (nSPS) is 15.8. The molecule has 30 heavy (non-hydrogen) atoms. The first-order chi connectivity index (χ1) is 14.5. The number of rotatable bonds is 6. The third-order valence-corrected chi connectivity index (χ3v) is 5.39. The highest BCUT2D eigenvalue weighted by molar-refractivity contribution is 7.17. The molecule has 0 aliphatic carbocycles. The molecule has 1 fully saturated rings. The van der Waals surface area contributed by atoms with E-state index in [4.69, 9.17) is 25.8 Å². The number of hydrogen-bond donors (Lipinski definition) is 1. The molecular weight excluding hydrogens is 430 g/mol. The number of ether oxygens (including phenoxy) is 3. The lowest BCUT2D eigenvalue weighted by atomic mass is 9.99. The average molecular weight is 448 g/mol. The van der Waals surface area contributed by atoms with E-state index < -0.39 is 5.91 Å². The second kappa shape index (κ2) is 8.90. The van der Waals surface area contributed by atoms with Gasteiger partial charge >= 0.3 is 0 Å². The minimum absolute atomic E-state index is 0.0462. The number of nitrogens with zero attached hydrogens (tertiary/aromatic N) is 4. The zero-order valence-corrected chi connectivity index (χ0v) is 17.8. The van der Waals surface area contributed by atoms with Crippen molar-refractivity contribution in [2.75, 3.05) is 25.6 Å². The zero-order chi connectivity index (χ0) is 21.1. The summed E-state index contributed by atoms with van der Waals surface area (Å²) in [6.45, 7) is 2.99. The van der Waals surface area contributed by atoms with Gasteiger partial charge in [-0.05, 0) is 36.0 Å². The summed E-state index contributed by atoms with van der Waals surface area (Å²) in [5, 5.41) is 11.7. The molecule has 0 unspecified atom stereocenters. The molecule has 9 nitrogen and oxygen atoms in total. The van der Waals surface area contributed by atoms with Crippen molar-refractivity contribution in [3.8, 4) is 22.1 Å². The van der Waals surface area contributed by atoms with Crippen LogP contribution in [0.2, 0.25) is 5.15 Å². The molecule has 1 amide bonds. The molecule has 3 aromatic rings. The smallest absolute Gasteiger partial charge is 0.296 e. The molecule has 0 bridgehead atoms.